The molecule has 0 unspecified atom stereocenters. The number of aromatic nitrogens is 3. The molecule has 19 heavy (non-hydrogen) atoms. The minimum absolute atomic E-state index is 0.191. The number of hydrogen-bond donors (Lipinski definition) is 2. The van der Waals surface area contributed by atoms with E-state index in [0.717, 1.165) is 5.56 Å². The second-order valence-corrected chi connectivity index (χ2v) is 4.06. The molecule has 0 saturated heterocycles. The number of amides is 2. The SMILES string of the molecule is CN(Cc1ccc(C(N)=O)cc1)C(=O)c1ncn[nH]1. The molecule has 0 aliphatic rings. The average Bonchev–Trinajstić information content (AvgIpc) is 2.92. The van der Waals surface area contributed by atoms with Gasteiger partial charge in [0.25, 0.3) is 5.91 Å². The normalized spacial score (nSPS) is 10.2. The molecule has 1 heterocycles. The highest BCUT2D eigenvalue weighted by Crippen LogP contribution is 2.07. The molecule has 1 aromatic heterocycles. The summed E-state index contributed by atoms with van der Waals surface area (Å²) in [5.74, 6) is -0.537. The topological polar surface area (TPSA) is 105 Å². The van der Waals surface area contributed by atoms with Gasteiger partial charge in [-0.3, -0.25) is 14.7 Å². The van der Waals surface area contributed by atoms with E-state index < -0.39 is 5.91 Å². The van der Waals surface area contributed by atoms with Crippen LogP contribution < -0.4 is 5.73 Å². The number of nitrogens with two attached hydrogens (primary N) is 1. The molecule has 0 radical (unpaired) electrons. The van der Waals surface area contributed by atoms with E-state index in [1.807, 2.05) is 0 Å². The Labute approximate surface area is 109 Å². The molecular weight excluding hydrogens is 246 g/mol. The summed E-state index contributed by atoms with van der Waals surface area (Å²) in [5, 5.41) is 6.14. The number of benzene rings is 1. The van der Waals surface area contributed by atoms with Crippen LogP contribution in [0.5, 0.6) is 0 Å². The predicted octanol–water partition coefficient (Wildman–Crippen LogP) is 0.176. The first kappa shape index (κ1) is 12.7. The van der Waals surface area contributed by atoms with Crippen molar-refractivity contribution in [1.29, 1.82) is 0 Å². The summed E-state index contributed by atoms with van der Waals surface area (Å²) >= 11 is 0. The van der Waals surface area contributed by atoms with E-state index in [-0.39, 0.29) is 11.7 Å². The third-order valence-electron chi connectivity index (χ3n) is 2.62. The van der Waals surface area contributed by atoms with E-state index in [9.17, 15) is 9.59 Å². The summed E-state index contributed by atoms with van der Waals surface area (Å²) in [5.41, 5.74) is 6.48. The van der Waals surface area contributed by atoms with Gasteiger partial charge in [0.2, 0.25) is 11.7 Å². The summed E-state index contributed by atoms with van der Waals surface area (Å²) in [6.07, 6.45) is 1.28. The highest BCUT2D eigenvalue weighted by atomic mass is 16.2. The van der Waals surface area contributed by atoms with Crippen molar-refractivity contribution >= 4 is 11.8 Å². The van der Waals surface area contributed by atoms with Crippen LogP contribution in [0.2, 0.25) is 0 Å². The number of carbonyl (C=O) groups is 2. The smallest absolute Gasteiger partial charge is 0.291 e. The Hall–Kier alpha value is -2.70. The van der Waals surface area contributed by atoms with Gasteiger partial charge in [-0.2, -0.15) is 5.10 Å². The van der Waals surface area contributed by atoms with Crippen LogP contribution in [0.4, 0.5) is 0 Å². The number of nitrogens with one attached hydrogen (secondary N) is 1. The number of aromatic amines is 1. The summed E-state index contributed by atoms with van der Waals surface area (Å²) in [6.45, 7) is 0.401. The van der Waals surface area contributed by atoms with E-state index in [0.29, 0.717) is 12.1 Å². The van der Waals surface area contributed by atoms with Crippen molar-refractivity contribution in [2.45, 2.75) is 6.54 Å². The van der Waals surface area contributed by atoms with Gasteiger partial charge in [0, 0.05) is 19.2 Å². The Morgan fingerprint density at radius 2 is 2.00 bits per heavy atom. The zero-order chi connectivity index (χ0) is 13.8. The molecule has 0 bridgehead atoms. The highest BCUT2D eigenvalue weighted by Gasteiger charge is 2.14. The maximum atomic E-state index is 11.9. The summed E-state index contributed by atoms with van der Waals surface area (Å²) in [6, 6.07) is 6.77. The van der Waals surface area contributed by atoms with Crippen molar-refractivity contribution in [3.8, 4) is 0 Å². The zero-order valence-corrected chi connectivity index (χ0v) is 10.3. The molecule has 2 rings (SSSR count). The zero-order valence-electron chi connectivity index (χ0n) is 10.3. The summed E-state index contributed by atoms with van der Waals surface area (Å²) in [4.78, 5) is 28.1. The fraction of sp³-hybridized carbons (Fsp3) is 0.167. The molecule has 7 nitrogen and oxygen atoms in total. The summed E-state index contributed by atoms with van der Waals surface area (Å²) < 4.78 is 0. The fourth-order valence-corrected chi connectivity index (χ4v) is 1.61. The van der Waals surface area contributed by atoms with Crippen LogP contribution in [0.3, 0.4) is 0 Å². The van der Waals surface area contributed by atoms with Gasteiger partial charge in [-0.15, -0.1) is 0 Å². The van der Waals surface area contributed by atoms with Gasteiger partial charge >= 0.3 is 0 Å². The van der Waals surface area contributed by atoms with Crippen LogP contribution in [-0.2, 0) is 6.54 Å². The molecule has 0 fully saturated rings. The average molecular weight is 259 g/mol. The maximum absolute atomic E-state index is 11.9. The predicted molar refractivity (Wildman–Crippen MR) is 67.1 cm³/mol. The van der Waals surface area contributed by atoms with Crippen molar-refractivity contribution < 1.29 is 9.59 Å². The highest BCUT2D eigenvalue weighted by molar-refractivity contribution is 5.92. The lowest BCUT2D eigenvalue weighted by molar-refractivity contribution is 0.0773. The fourth-order valence-electron chi connectivity index (χ4n) is 1.61. The number of hydrogen-bond acceptors (Lipinski definition) is 4. The Balaban J connectivity index is 2.04. The lowest BCUT2D eigenvalue weighted by Gasteiger charge is -2.15. The van der Waals surface area contributed by atoms with Gasteiger partial charge in [-0.1, -0.05) is 12.1 Å². The van der Waals surface area contributed by atoms with Crippen LogP contribution in [0.25, 0.3) is 0 Å². The third-order valence-corrected chi connectivity index (χ3v) is 2.62. The molecule has 3 N–H and O–H groups in total. The number of H-pyrrole nitrogens is 1. The Morgan fingerprint density at radius 1 is 1.32 bits per heavy atom. The number of carbonyl (C=O) groups excluding carboxylic acids is 2. The van der Waals surface area contributed by atoms with Crippen LogP contribution in [0.15, 0.2) is 30.6 Å². The standard InChI is InChI=1S/C12H13N5O2/c1-17(12(19)11-14-7-15-16-11)6-8-2-4-9(5-3-8)10(13)18/h2-5,7H,6H2,1H3,(H2,13,18)(H,14,15,16). The van der Waals surface area contributed by atoms with Crippen molar-refractivity contribution in [1.82, 2.24) is 20.1 Å². The Kier molecular flexibility index (Phi) is 3.56. The lowest BCUT2D eigenvalue weighted by Crippen LogP contribution is -2.27. The van der Waals surface area contributed by atoms with E-state index in [1.165, 1.54) is 11.2 Å². The number of primary amides is 1. The van der Waals surface area contributed by atoms with E-state index in [1.54, 1.807) is 31.3 Å². The van der Waals surface area contributed by atoms with Crippen molar-refractivity contribution in [2.75, 3.05) is 7.05 Å². The van der Waals surface area contributed by atoms with E-state index in [4.69, 9.17) is 5.73 Å². The molecule has 0 aliphatic heterocycles. The number of rotatable bonds is 4. The van der Waals surface area contributed by atoms with E-state index >= 15 is 0 Å². The molecule has 1 aromatic carbocycles. The minimum Gasteiger partial charge on any atom is -0.366 e. The molecule has 0 saturated carbocycles. The van der Waals surface area contributed by atoms with Gasteiger partial charge in [0.15, 0.2) is 0 Å². The van der Waals surface area contributed by atoms with Crippen LogP contribution in [-0.4, -0.2) is 38.9 Å². The van der Waals surface area contributed by atoms with Crippen LogP contribution in [0, 0.1) is 0 Å². The van der Waals surface area contributed by atoms with Gasteiger partial charge < -0.3 is 10.6 Å². The molecule has 98 valence electrons. The monoisotopic (exact) mass is 259 g/mol. The first-order chi connectivity index (χ1) is 9.08. The first-order valence-electron chi connectivity index (χ1n) is 5.57. The van der Waals surface area contributed by atoms with Crippen LogP contribution in [0.1, 0.15) is 26.5 Å². The molecule has 0 spiro atoms. The molecule has 0 aliphatic carbocycles. The van der Waals surface area contributed by atoms with Gasteiger partial charge in [-0.25, -0.2) is 4.98 Å². The molecule has 7 heteroatoms. The van der Waals surface area contributed by atoms with Gasteiger partial charge in [0.1, 0.15) is 6.33 Å². The van der Waals surface area contributed by atoms with Crippen molar-refractivity contribution in [3.63, 3.8) is 0 Å². The molecule has 2 amide bonds. The van der Waals surface area contributed by atoms with Crippen molar-refractivity contribution in [3.05, 3.63) is 47.5 Å². The Morgan fingerprint density at radius 3 is 2.53 bits per heavy atom. The molecule has 2 aromatic rings. The minimum atomic E-state index is -0.474. The van der Waals surface area contributed by atoms with Gasteiger partial charge in [0.05, 0.1) is 0 Å². The molecule has 0 atom stereocenters. The lowest BCUT2D eigenvalue weighted by atomic mass is 10.1. The third kappa shape index (κ3) is 2.95. The second kappa shape index (κ2) is 5.30. The van der Waals surface area contributed by atoms with E-state index in [2.05, 4.69) is 15.2 Å². The molecular formula is C12H13N5O2. The maximum Gasteiger partial charge on any atom is 0.291 e. The Bertz CT molecular complexity index is 577. The van der Waals surface area contributed by atoms with Crippen LogP contribution >= 0.6 is 0 Å². The second-order valence-electron chi connectivity index (χ2n) is 4.06. The number of nitrogens with zero attached hydrogens (tertiary/aromatic N) is 3. The summed E-state index contributed by atoms with van der Waals surface area (Å²) in [7, 11) is 1.66. The van der Waals surface area contributed by atoms with Crippen molar-refractivity contribution in [2.24, 2.45) is 5.73 Å². The largest absolute Gasteiger partial charge is 0.366 e. The quantitative estimate of drug-likeness (QED) is 0.816. The van der Waals surface area contributed by atoms with Gasteiger partial charge in [-0.05, 0) is 17.7 Å². The first-order valence-corrected chi connectivity index (χ1v) is 5.57.